The van der Waals surface area contributed by atoms with Gasteiger partial charge in [-0.1, -0.05) is 38.0 Å². The van der Waals surface area contributed by atoms with Crippen LogP contribution in [0.2, 0.25) is 0 Å². The second-order valence-corrected chi connectivity index (χ2v) is 8.87. The Morgan fingerprint density at radius 1 is 1.09 bits per heavy atom. The Bertz CT molecular complexity index is 924. The van der Waals surface area contributed by atoms with Crippen LogP contribution in [0, 0.1) is 0 Å². The molecule has 2 aromatic carbocycles. The number of piperidine rings is 1. The highest BCUT2D eigenvalue weighted by molar-refractivity contribution is 5.80. The highest BCUT2D eigenvalue weighted by Crippen LogP contribution is 2.36. The maximum Gasteiger partial charge on any atom is 0.416 e. The van der Waals surface area contributed by atoms with Gasteiger partial charge in [-0.05, 0) is 80.5 Å². The standard InChI is InChI=1S/C27H34F3NO2/c1-4-6-10-25(26(32)33-5-2)22-16-21(20-11-13-23(14-12-20)27(28,29)30)17-24(18-22)31-15-8-7-9-19(31)3/h11-14,16-19,25H,4-10,15H2,1-3H3. The molecule has 2 atom stereocenters. The van der Waals surface area contributed by atoms with Gasteiger partial charge in [0.05, 0.1) is 18.1 Å². The van der Waals surface area contributed by atoms with Gasteiger partial charge < -0.3 is 9.64 Å². The summed E-state index contributed by atoms with van der Waals surface area (Å²) in [6.07, 6.45) is 1.54. The summed E-state index contributed by atoms with van der Waals surface area (Å²) in [5, 5.41) is 0. The molecule has 2 unspecified atom stereocenters. The Morgan fingerprint density at radius 3 is 2.42 bits per heavy atom. The first-order valence-corrected chi connectivity index (χ1v) is 12.0. The van der Waals surface area contributed by atoms with Crippen LogP contribution in [0.15, 0.2) is 42.5 Å². The zero-order valence-electron chi connectivity index (χ0n) is 19.8. The second-order valence-electron chi connectivity index (χ2n) is 8.87. The van der Waals surface area contributed by atoms with E-state index in [1.54, 1.807) is 6.92 Å². The lowest BCUT2D eigenvalue weighted by atomic mass is 9.89. The van der Waals surface area contributed by atoms with E-state index in [2.05, 4.69) is 24.8 Å². The summed E-state index contributed by atoms with van der Waals surface area (Å²) in [6.45, 7) is 7.33. The van der Waals surface area contributed by atoms with E-state index >= 15 is 0 Å². The van der Waals surface area contributed by atoms with Crippen molar-refractivity contribution in [3.63, 3.8) is 0 Å². The number of alkyl halides is 3. The summed E-state index contributed by atoms with van der Waals surface area (Å²) in [6, 6.07) is 11.7. The lowest BCUT2D eigenvalue weighted by Crippen LogP contribution is -2.37. The van der Waals surface area contributed by atoms with Gasteiger partial charge in [0.2, 0.25) is 0 Å². The van der Waals surface area contributed by atoms with E-state index in [-0.39, 0.29) is 5.97 Å². The number of benzene rings is 2. The smallest absolute Gasteiger partial charge is 0.416 e. The van der Waals surface area contributed by atoms with Gasteiger partial charge in [-0.3, -0.25) is 4.79 Å². The number of carbonyl (C=O) groups excluding carboxylic acids is 1. The highest BCUT2D eigenvalue weighted by atomic mass is 19.4. The van der Waals surface area contributed by atoms with E-state index in [9.17, 15) is 18.0 Å². The Balaban J connectivity index is 2.08. The molecular formula is C27H34F3NO2. The summed E-state index contributed by atoms with van der Waals surface area (Å²) < 4.78 is 44.6. The van der Waals surface area contributed by atoms with Gasteiger partial charge in [0.25, 0.3) is 0 Å². The zero-order chi connectivity index (χ0) is 24.0. The highest BCUT2D eigenvalue weighted by Gasteiger charge is 2.30. The average molecular weight is 462 g/mol. The molecule has 1 aliphatic rings. The van der Waals surface area contributed by atoms with E-state index in [4.69, 9.17) is 4.74 Å². The number of unbranched alkanes of at least 4 members (excludes halogenated alkanes) is 1. The van der Waals surface area contributed by atoms with E-state index in [0.717, 1.165) is 61.2 Å². The molecule has 3 nitrogen and oxygen atoms in total. The van der Waals surface area contributed by atoms with Crippen molar-refractivity contribution in [1.29, 1.82) is 0 Å². The first-order chi connectivity index (χ1) is 15.7. The van der Waals surface area contributed by atoms with Gasteiger partial charge >= 0.3 is 12.1 Å². The molecule has 0 spiro atoms. The Morgan fingerprint density at radius 2 is 1.82 bits per heavy atom. The van der Waals surface area contributed by atoms with Crippen molar-refractivity contribution in [3.05, 3.63) is 53.6 Å². The summed E-state index contributed by atoms with van der Waals surface area (Å²) in [4.78, 5) is 15.2. The fraction of sp³-hybridized carbons (Fsp3) is 0.519. The first-order valence-electron chi connectivity index (χ1n) is 12.0. The number of nitrogens with zero attached hydrogens (tertiary/aromatic N) is 1. The number of hydrogen-bond donors (Lipinski definition) is 0. The van der Waals surface area contributed by atoms with Crippen molar-refractivity contribution < 1.29 is 22.7 Å². The number of halogens is 3. The van der Waals surface area contributed by atoms with Crippen LogP contribution in [0.1, 0.15) is 76.3 Å². The monoisotopic (exact) mass is 461 g/mol. The average Bonchev–Trinajstić information content (AvgIpc) is 2.79. The molecule has 0 amide bonds. The third-order valence-electron chi connectivity index (χ3n) is 6.44. The molecule has 1 fully saturated rings. The molecule has 2 aromatic rings. The third-order valence-corrected chi connectivity index (χ3v) is 6.44. The number of rotatable bonds is 8. The fourth-order valence-electron chi connectivity index (χ4n) is 4.57. The normalized spacial score (nSPS) is 17.6. The van der Waals surface area contributed by atoms with Crippen molar-refractivity contribution in [2.75, 3.05) is 18.1 Å². The number of ether oxygens (including phenoxy) is 1. The third kappa shape index (κ3) is 6.30. The van der Waals surface area contributed by atoms with Crippen LogP contribution in [-0.2, 0) is 15.7 Å². The van der Waals surface area contributed by atoms with E-state index in [0.29, 0.717) is 24.6 Å². The Kier molecular flexibility index (Phi) is 8.44. The summed E-state index contributed by atoms with van der Waals surface area (Å²) in [7, 11) is 0. The van der Waals surface area contributed by atoms with Crippen LogP contribution in [0.25, 0.3) is 11.1 Å². The van der Waals surface area contributed by atoms with Crippen molar-refractivity contribution in [3.8, 4) is 11.1 Å². The van der Waals surface area contributed by atoms with Crippen LogP contribution in [0.3, 0.4) is 0 Å². The van der Waals surface area contributed by atoms with Gasteiger partial charge in [0.15, 0.2) is 0 Å². The van der Waals surface area contributed by atoms with E-state index in [1.165, 1.54) is 18.6 Å². The topological polar surface area (TPSA) is 29.5 Å². The van der Waals surface area contributed by atoms with Crippen LogP contribution in [0.4, 0.5) is 18.9 Å². The molecule has 3 rings (SSSR count). The van der Waals surface area contributed by atoms with Crippen LogP contribution < -0.4 is 4.90 Å². The number of anilines is 1. The summed E-state index contributed by atoms with van der Waals surface area (Å²) in [5.74, 6) is -0.633. The van der Waals surface area contributed by atoms with Gasteiger partial charge in [0.1, 0.15) is 0 Å². The van der Waals surface area contributed by atoms with Gasteiger partial charge in [-0.25, -0.2) is 0 Å². The molecule has 0 bridgehead atoms. The van der Waals surface area contributed by atoms with E-state index in [1.807, 2.05) is 12.1 Å². The largest absolute Gasteiger partial charge is 0.466 e. The van der Waals surface area contributed by atoms with Crippen molar-refractivity contribution >= 4 is 11.7 Å². The second kappa shape index (κ2) is 11.1. The zero-order valence-corrected chi connectivity index (χ0v) is 19.8. The van der Waals surface area contributed by atoms with Crippen LogP contribution in [0.5, 0.6) is 0 Å². The van der Waals surface area contributed by atoms with Gasteiger partial charge in [0, 0.05) is 18.3 Å². The van der Waals surface area contributed by atoms with Crippen LogP contribution >= 0.6 is 0 Å². The summed E-state index contributed by atoms with van der Waals surface area (Å²) >= 11 is 0. The molecule has 0 aromatic heterocycles. The predicted molar refractivity (Wildman–Crippen MR) is 126 cm³/mol. The minimum Gasteiger partial charge on any atom is -0.466 e. The van der Waals surface area contributed by atoms with Gasteiger partial charge in [-0.15, -0.1) is 0 Å². The molecule has 180 valence electrons. The quantitative estimate of drug-likeness (QED) is 0.379. The molecule has 0 N–H and O–H groups in total. The van der Waals surface area contributed by atoms with Crippen molar-refractivity contribution in [2.45, 2.75) is 77.4 Å². The molecule has 1 aliphatic heterocycles. The Hall–Kier alpha value is -2.50. The lowest BCUT2D eigenvalue weighted by molar-refractivity contribution is -0.145. The SMILES string of the molecule is CCCCC(C(=O)OCC)c1cc(-c2ccc(C(F)(F)F)cc2)cc(N2CCCCC2C)c1. The fourth-order valence-corrected chi connectivity index (χ4v) is 4.57. The maximum atomic E-state index is 13.1. The number of hydrogen-bond acceptors (Lipinski definition) is 3. The number of esters is 1. The molecule has 1 saturated heterocycles. The molecule has 0 radical (unpaired) electrons. The molecule has 6 heteroatoms. The van der Waals surface area contributed by atoms with Crippen molar-refractivity contribution in [1.82, 2.24) is 0 Å². The summed E-state index contributed by atoms with van der Waals surface area (Å²) in [5.41, 5.74) is 2.74. The van der Waals surface area contributed by atoms with E-state index < -0.39 is 17.7 Å². The first kappa shape index (κ1) is 25.1. The van der Waals surface area contributed by atoms with Gasteiger partial charge in [-0.2, -0.15) is 13.2 Å². The molecule has 0 aliphatic carbocycles. The van der Waals surface area contributed by atoms with Crippen LogP contribution in [-0.4, -0.2) is 25.2 Å². The molecule has 0 saturated carbocycles. The minimum atomic E-state index is -4.37. The Labute approximate surface area is 194 Å². The molecular weight excluding hydrogens is 427 g/mol. The molecule has 1 heterocycles. The maximum absolute atomic E-state index is 13.1. The number of carbonyl (C=O) groups is 1. The minimum absolute atomic E-state index is 0.242. The van der Waals surface area contributed by atoms with Crippen molar-refractivity contribution in [2.24, 2.45) is 0 Å². The molecule has 33 heavy (non-hydrogen) atoms. The predicted octanol–water partition coefficient (Wildman–Crippen LogP) is 7.59. The lowest BCUT2D eigenvalue weighted by Gasteiger charge is -2.36.